The molecule has 4 nitrogen and oxygen atoms in total. The summed E-state index contributed by atoms with van der Waals surface area (Å²) in [4.78, 5) is 18.1. The first kappa shape index (κ1) is 14.8. The molecular formula is C17H19N3O. The molecule has 2 aromatic rings. The second-order valence-electron chi connectivity index (χ2n) is 4.97. The van der Waals surface area contributed by atoms with Crippen molar-refractivity contribution in [2.75, 3.05) is 24.3 Å². The van der Waals surface area contributed by atoms with Crippen LogP contribution in [0.15, 0.2) is 48.7 Å². The van der Waals surface area contributed by atoms with Crippen LogP contribution in [0.2, 0.25) is 0 Å². The number of nitrogens with one attached hydrogen (secondary N) is 1. The van der Waals surface area contributed by atoms with Gasteiger partial charge in [0.05, 0.1) is 5.69 Å². The van der Waals surface area contributed by atoms with Gasteiger partial charge in [0.15, 0.2) is 0 Å². The molecule has 0 bridgehead atoms. The molecule has 0 aliphatic rings. The fraction of sp³-hybridized carbons (Fsp3) is 0.176. The summed E-state index contributed by atoms with van der Waals surface area (Å²) in [6.07, 6.45) is 4.87. The van der Waals surface area contributed by atoms with Crippen molar-refractivity contribution < 1.29 is 4.79 Å². The highest BCUT2D eigenvalue weighted by molar-refractivity contribution is 6.01. The van der Waals surface area contributed by atoms with E-state index in [0.717, 1.165) is 22.6 Å². The number of aryl methyl sites for hydroxylation is 1. The van der Waals surface area contributed by atoms with Crippen LogP contribution in [0.4, 0.5) is 11.4 Å². The van der Waals surface area contributed by atoms with Crippen LogP contribution in [0.1, 0.15) is 11.3 Å². The van der Waals surface area contributed by atoms with E-state index in [1.165, 1.54) is 6.08 Å². The fourth-order valence-corrected chi connectivity index (χ4v) is 2.05. The van der Waals surface area contributed by atoms with Crippen LogP contribution in [0.3, 0.4) is 0 Å². The van der Waals surface area contributed by atoms with Gasteiger partial charge in [0.25, 0.3) is 0 Å². The number of hydrogen-bond donors (Lipinski definition) is 1. The number of rotatable bonds is 4. The lowest BCUT2D eigenvalue weighted by Gasteiger charge is -2.16. The maximum atomic E-state index is 11.9. The maximum absolute atomic E-state index is 11.9. The molecule has 108 valence electrons. The van der Waals surface area contributed by atoms with Gasteiger partial charge in [-0.05, 0) is 48.9 Å². The van der Waals surface area contributed by atoms with Gasteiger partial charge in [0, 0.05) is 37.7 Å². The summed E-state index contributed by atoms with van der Waals surface area (Å²) >= 11 is 0. The van der Waals surface area contributed by atoms with E-state index in [4.69, 9.17) is 0 Å². The average Bonchev–Trinajstić information content (AvgIpc) is 2.46. The molecule has 4 heteroatoms. The van der Waals surface area contributed by atoms with Crippen molar-refractivity contribution in [3.05, 3.63) is 59.9 Å². The van der Waals surface area contributed by atoms with Gasteiger partial charge in [0.2, 0.25) is 5.91 Å². The third-order valence-electron chi connectivity index (χ3n) is 3.04. The molecule has 0 saturated carbocycles. The number of pyridine rings is 1. The predicted octanol–water partition coefficient (Wildman–Crippen LogP) is 3.11. The zero-order chi connectivity index (χ0) is 15.2. The Morgan fingerprint density at radius 1 is 1.24 bits per heavy atom. The Hall–Kier alpha value is -2.62. The summed E-state index contributed by atoms with van der Waals surface area (Å²) in [5.41, 5.74) is 3.80. The monoisotopic (exact) mass is 281 g/mol. The zero-order valence-corrected chi connectivity index (χ0v) is 12.5. The molecule has 0 fully saturated rings. The topological polar surface area (TPSA) is 45.2 Å². The molecule has 0 spiro atoms. The minimum Gasteiger partial charge on any atom is -0.377 e. The number of amides is 1. The minimum atomic E-state index is -0.169. The third kappa shape index (κ3) is 4.18. The number of carbonyl (C=O) groups is 1. The van der Waals surface area contributed by atoms with Gasteiger partial charge >= 0.3 is 0 Å². The molecule has 2 rings (SSSR count). The molecule has 0 saturated heterocycles. The van der Waals surface area contributed by atoms with E-state index < -0.39 is 0 Å². The Balaban J connectivity index is 2.03. The highest BCUT2D eigenvalue weighted by Gasteiger charge is 2.03. The molecule has 0 aliphatic heterocycles. The van der Waals surface area contributed by atoms with Crippen molar-refractivity contribution in [1.29, 1.82) is 0 Å². The lowest BCUT2D eigenvalue weighted by atomic mass is 10.1. The molecule has 0 atom stereocenters. The SMILES string of the molecule is Cc1cc(NC(=O)C=Cc2ccccn2)ccc1N(C)C. The van der Waals surface area contributed by atoms with Gasteiger partial charge < -0.3 is 10.2 Å². The number of benzene rings is 1. The fourth-order valence-electron chi connectivity index (χ4n) is 2.05. The van der Waals surface area contributed by atoms with E-state index in [0.29, 0.717) is 0 Å². The lowest BCUT2D eigenvalue weighted by Crippen LogP contribution is -2.11. The summed E-state index contributed by atoms with van der Waals surface area (Å²) in [6.45, 7) is 2.02. The van der Waals surface area contributed by atoms with Crippen LogP contribution in [0.25, 0.3) is 6.08 Å². The molecule has 1 heterocycles. The van der Waals surface area contributed by atoms with Crippen molar-refractivity contribution >= 4 is 23.4 Å². The van der Waals surface area contributed by atoms with Crippen molar-refractivity contribution in [3.63, 3.8) is 0 Å². The van der Waals surface area contributed by atoms with E-state index in [2.05, 4.69) is 10.3 Å². The highest BCUT2D eigenvalue weighted by Crippen LogP contribution is 2.21. The first-order valence-electron chi connectivity index (χ1n) is 6.74. The van der Waals surface area contributed by atoms with Gasteiger partial charge in [-0.3, -0.25) is 9.78 Å². The third-order valence-corrected chi connectivity index (χ3v) is 3.04. The Bertz CT molecular complexity index is 648. The first-order chi connectivity index (χ1) is 10.1. The number of hydrogen-bond acceptors (Lipinski definition) is 3. The number of nitrogens with zero attached hydrogens (tertiary/aromatic N) is 2. The molecule has 1 aromatic heterocycles. The van der Waals surface area contributed by atoms with Crippen molar-refractivity contribution in [1.82, 2.24) is 4.98 Å². The van der Waals surface area contributed by atoms with Gasteiger partial charge in [-0.1, -0.05) is 6.07 Å². The van der Waals surface area contributed by atoms with E-state index in [-0.39, 0.29) is 5.91 Å². The van der Waals surface area contributed by atoms with E-state index >= 15 is 0 Å². The second-order valence-corrected chi connectivity index (χ2v) is 4.97. The van der Waals surface area contributed by atoms with E-state index in [1.54, 1.807) is 12.3 Å². The van der Waals surface area contributed by atoms with Gasteiger partial charge in [-0.2, -0.15) is 0 Å². The Kier molecular flexibility index (Phi) is 4.72. The molecular weight excluding hydrogens is 262 g/mol. The van der Waals surface area contributed by atoms with E-state index in [9.17, 15) is 4.79 Å². The number of anilines is 2. The summed E-state index contributed by atoms with van der Waals surface area (Å²) in [6, 6.07) is 11.4. The van der Waals surface area contributed by atoms with Gasteiger partial charge in [-0.25, -0.2) is 0 Å². The van der Waals surface area contributed by atoms with Crippen LogP contribution in [0, 0.1) is 6.92 Å². The molecule has 1 N–H and O–H groups in total. The summed E-state index contributed by atoms with van der Waals surface area (Å²) in [5, 5.41) is 2.85. The Morgan fingerprint density at radius 3 is 2.67 bits per heavy atom. The molecule has 0 aliphatic carbocycles. The Morgan fingerprint density at radius 2 is 2.05 bits per heavy atom. The van der Waals surface area contributed by atoms with E-state index in [1.807, 2.05) is 62.3 Å². The van der Waals surface area contributed by atoms with Crippen molar-refractivity contribution in [2.45, 2.75) is 6.92 Å². The van der Waals surface area contributed by atoms with Crippen LogP contribution < -0.4 is 10.2 Å². The van der Waals surface area contributed by atoms with Crippen molar-refractivity contribution in [3.8, 4) is 0 Å². The average molecular weight is 281 g/mol. The molecule has 1 aromatic carbocycles. The quantitative estimate of drug-likeness (QED) is 0.876. The standard InChI is InChI=1S/C17H19N3O/c1-13-12-15(7-9-16(13)20(2)3)19-17(21)10-8-14-6-4-5-11-18-14/h4-12H,1-3H3,(H,19,21). The molecule has 0 unspecified atom stereocenters. The van der Waals surface area contributed by atoms with Crippen LogP contribution in [-0.4, -0.2) is 25.0 Å². The predicted molar refractivity (Wildman–Crippen MR) is 87.4 cm³/mol. The largest absolute Gasteiger partial charge is 0.377 e. The molecule has 21 heavy (non-hydrogen) atoms. The number of aromatic nitrogens is 1. The number of carbonyl (C=O) groups excluding carboxylic acids is 1. The van der Waals surface area contributed by atoms with Gasteiger partial charge in [0.1, 0.15) is 0 Å². The Labute approximate surface area is 125 Å². The maximum Gasteiger partial charge on any atom is 0.248 e. The van der Waals surface area contributed by atoms with Crippen LogP contribution in [-0.2, 0) is 4.79 Å². The highest BCUT2D eigenvalue weighted by atomic mass is 16.1. The first-order valence-corrected chi connectivity index (χ1v) is 6.74. The summed E-state index contributed by atoms with van der Waals surface area (Å²) in [5.74, 6) is -0.169. The second kappa shape index (κ2) is 6.70. The van der Waals surface area contributed by atoms with Crippen LogP contribution >= 0.6 is 0 Å². The smallest absolute Gasteiger partial charge is 0.248 e. The normalized spacial score (nSPS) is 10.6. The van der Waals surface area contributed by atoms with Crippen molar-refractivity contribution in [2.24, 2.45) is 0 Å². The zero-order valence-electron chi connectivity index (χ0n) is 12.5. The molecule has 0 radical (unpaired) electrons. The molecule has 1 amide bonds. The van der Waals surface area contributed by atoms with Gasteiger partial charge in [-0.15, -0.1) is 0 Å². The van der Waals surface area contributed by atoms with Crippen LogP contribution in [0.5, 0.6) is 0 Å². The minimum absolute atomic E-state index is 0.169. The summed E-state index contributed by atoms with van der Waals surface area (Å²) < 4.78 is 0. The summed E-state index contributed by atoms with van der Waals surface area (Å²) in [7, 11) is 3.99. The lowest BCUT2D eigenvalue weighted by molar-refractivity contribution is -0.111.